The van der Waals surface area contributed by atoms with Crippen molar-refractivity contribution in [1.82, 2.24) is 5.32 Å². The van der Waals surface area contributed by atoms with Gasteiger partial charge in [0.1, 0.15) is 0 Å². The smallest absolute Gasteiger partial charge is 0.0771 e. The summed E-state index contributed by atoms with van der Waals surface area (Å²) in [5, 5.41) is 16.6. The molecule has 0 bridgehead atoms. The van der Waals surface area contributed by atoms with Gasteiger partial charge in [-0.05, 0) is 42.6 Å². The average molecular weight is 272 g/mol. The van der Waals surface area contributed by atoms with Crippen LogP contribution in [0, 0.1) is 17.3 Å². The molecule has 0 saturated heterocycles. The van der Waals surface area contributed by atoms with E-state index in [1.54, 1.807) is 0 Å². The molecule has 2 aliphatic carbocycles. The highest BCUT2D eigenvalue weighted by molar-refractivity contribution is 5.94. The maximum atomic E-state index is 9.38. The van der Waals surface area contributed by atoms with E-state index in [9.17, 15) is 5.21 Å². The first-order chi connectivity index (χ1) is 9.47. The van der Waals surface area contributed by atoms with Crippen molar-refractivity contribution in [2.75, 3.05) is 0 Å². The summed E-state index contributed by atoms with van der Waals surface area (Å²) in [6.07, 6.45) is 1.99. The lowest BCUT2D eigenvalue weighted by molar-refractivity contribution is 0.293. The molecule has 2 saturated carbocycles. The van der Waals surface area contributed by atoms with Crippen LogP contribution in [0.3, 0.4) is 0 Å². The van der Waals surface area contributed by atoms with Gasteiger partial charge in [0.25, 0.3) is 0 Å². The number of hydrogen-bond acceptors (Lipinski definition) is 3. The molecule has 0 aromatic heterocycles. The minimum atomic E-state index is -0.181. The maximum Gasteiger partial charge on any atom is 0.0771 e. The van der Waals surface area contributed by atoms with Crippen LogP contribution < -0.4 is 5.32 Å². The first-order valence-electron chi connectivity index (χ1n) is 7.48. The van der Waals surface area contributed by atoms with Gasteiger partial charge < -0.3 is 10.5 Å². The van der Waals surface area contributed by atoms with E-state index >= 15 is 0 Å². The Kier molecular flexibility index (Phi) is 3.13. The Morgan fingerprint density at radius 3 is 2.55 bits per heavy atom. The van der Waals surface area contributed by atoms with Crippen molar-refractivity contribution in [3.05, 3.63) is 35.9 Å². The van der Waals surface area contributed by atoms with Crippen LogP contribution in [-0.2, 0) is 6.54 Å². The summed E-state index contributed by atoms with van der Waals surface area (Å²) < 4.78 is 0. The molecule has 0 unspecified atom stereocenters. The number of rotatable bonds is 3. The van der Waals surface area contributed by atoms with Crippen molar-refractivity contribution in [3.8, 4) is 0 Å². The number of nitrogens with one attached hydrogen (secondary N) is 1. The summed E-state index contributed by atoms with van der Waals surface area (Å²) in [7, 11) is 0. The van der Waals surface area contributed by atoms with Gasteiger partial charge in [-0.3, -0.25) is 0 Å². The van der Waals surface area contributed by atoms with E-state index in [1.165, 1.54) is 5.56 Å². The normalized spacial score (nSPS) is 36.6. The molecule has 0 spiro atoms. The summed E-state index contributed by atoms with van der Waals surface area (Å²) in [6.45, 7) is 7.66. The second kappa shape index (κ2) is 4.59. The fourth-order valence-electron chi connectivity index (χ4n) is 3.88. The van der Waals surface area contributed by atoms with E-state index < -0.39 is 0 Å². The van der Waals surface area contributed by atoms with Gasteiger partial charge in [-0.2, -0.15) is 0 Å². The molecule has 1 aromatic rings. The molecule has 0 radical (unpaired) electrons. The van der Waals surface area contributed by atoms with Crippen molar-refractivity contribution in [1.29, 1.82) is 0 Å². The molecule has 2 fully saturated rings. The highest BCUT2D eigenvalue weighted by Gasteiger charge is 2.63. The second-order valence-corrected chi connectivity index (χ2v) is 7.16. The molecule has 2 aliphatic rings. The fourth-order valence-corrected chi connectivity index (χ4v) is 3.88. The predicted octanol–water partition coefficient (Wildman–Crippen LogP) is 3.43. The monoisotopic (exact) mass is 272 g/mol. The number of fused-ring (bicyclic) bond motifs is 1. The lowest BCUT2D eigenvalue weighted by atomic mass is 9.81. The largest absolute Gasteiger partial charge is 0.411 e. The van der Waals surface area contributed by atoms with Crippen molar-refractivity contribution in [3.63, 3.8) is 0 Å². The third-order valence-electron chi connectivity index (χ3n) is 5.61. The minimum absolute atomic E-state index is 0.181. The summed E-state index contributed by atoms with van der Waals surface area (Å²) >= 11 is 0. The molecule has 2 N–H and O–H groups in total. The molecule has 108 valence electrons. The van der Waals surface area contributed by atoms with Gasteiger partial charge in [0.2, 0.25) is 0 Å². The van der Waals surface area contributed by atoms with Crippen LogP contribution in [0.1, 0.15) is 39.2 Å². The first-order valence-corrected chi connectivity index (χ1v) is 7.48. The van der Waals surface area contributed by atoms with Crippen LogP contribution in [0.15, 0.2) is 35.5 Å². The molecule has 20 heavy (non-hydrogen) atoms. The van der Waals surface area contributed by atoms with Crippen molar-refractivity contribution in [2.24, 2.45) is 22.4 Å². The number of oxime groups is 1. The van der Waals surface area contributed by atoms with Crippen LogP contribution in [0.5, 0.6) is 0 Å². The molecule has 3 heteroatoms. The number of hydrogen-bond donors (Lipinski definition) is 2. The summed E-state index contributed by atoms with van der Waals surface area (Å²) in [5.74, 6) is 1.45. The molecule has 0 amide bonds. The van der Waals surface area contributed by atoms with E-state index in [-0.39, 0.29) is 5.54 Å². The van der Waals surface area contributed by atoms with Gasteiger partial charge in [-0.1, -0.05) is 49.3 Å². The molecule has 0 aliphatic heterocycles. The first kappa shape index (κ1) is 13.6. The SMILES string of the molecule is CC1(C)[C@@H]2C/C(=N\O)[C@](C)(NCc3ccccc3)C[C@H]21. The van der Waals surface area contributed by atoms with E-state index in [0.29, 0.717) is 11.3 Å². The molecule has 1 aromatic carbocycles. The van der Waals surface area contributed by atoms with Crippen LogP contribution in [0.4, 0.5) is 0 Å². The summed E-state index contributed by atoms with van der Waals surface area (Å²) in [5.41, 5.74) is 2.41. The Morgan fingerprint density at radius 1 is 1.20 bits per heavy atom. The maximum absolute atomic E-state index is 9.38. The molecular weight excluding hydrogens is 248 g/mol. The lowest BCUT2D eigenvalue weighted by Gasteiger charge is -2.35. The number of nitrogens with zero attached hydrogens (tertiary/aromatic N) is 1. The van der Waals surface area contributed by atoms with Crippen LogP contribution >= 0.6 is 0 Å². The summed E-state index contributed by atoms with van der Waals surface area (Å²) in [4.78, 5) is 0. The lowest BCUT2D eigenvalue weighted by Crippen LogP contribution is -2.51. The van der Waals surface area contributed by atoms with Gasteiger partial charge >= 0.3 is 0 Å². The predicted molar refractivity (Wildman–Crippen MR) is 80.9 cm³/mol. The highest BCUT2D eigenvalue weighted by atomic mass is 16.4. The van der Waals surface area contributed by atoms with Gasteiger partial charge in [0.15, 0.2) is 0 Å². The van der Waals surface area contributed by atoms with Gasteiger partial charge in [-0.25, -0.2) is 0 Å². The zero-order valence-electron chi connectivity index (χ0n) is 12.6. The van der Waals surface area contributed by atoms with Crippen molar-refractivity contribution in [2.45, 2.75) is 45.7 Å². The van der Waals surface area contributed by atoms with Crippen LogP contribution in [0.25, 0.3) is 0 Å². The Hall–Kier alpha value is -1.35. The Labute approximate surface area is 121 Å². The molecule has 0 heterocycles. The van der Waals surface area contributed by atoms with Crippen molar-refractivity contribution < 1.29 is 5.21 Å². The Bertz CT molecular complexity index is 523. The standard InChI is InChI=1S/C17H24N2O/c1-16(2)13-9-15(19-20)17(3,10-14(13)16)18-11-12-7-5-4-6-8-12/h4-8,13-14,18,20H,9-11H2,1-3H3/b19-15+/t13-,14-,17-/m1/s1. The third kappa shape index (κ3) is 2.14. The quantitative estimate of drug-likeness (QED) is 0.654. The van der Waals surface area contributed by atoms with E-state index in [0.717, 1.165) is 31.0 Å². The van der Waals surface area contributed by atoms with E-state index in [2.05, 4.69) is 55.5 Å². The van der Waals surface area contributed by atoms with Gasteiger partial charge in [0, 0.05) is 6.54 Å². The molecular formula is C17H24N2O. The number of benzene rings is 1. The molecule has 3 rings (SSSR count). The summed E-state index contributed by atoms with van der Waals surface area (Å²) in [6, 6.07) is 10.4. The van der Waals surface area contributed by atoms with Gasteiger partial charge in [0.05, 0.1) is 11.3 Å². The van der Waals surface area contributed by atoms with Crippen LogP contribution in [-0.4, -0.2) is 16.5 Å². The highest BCUT2D eigenvalue weighted by Crippen LogP contribution is 2.65. The van der Waals surface area contributed by atoms with Crippen LogP contribution in [0.2, 0.25) is 0 Å². The zero-order valence-corrected chi connectivity index (χ0v) is 12.6. The van der Waals surface area contributed by atoms with E-state index in [4.69, 9.17) is 0 Å². The molecule has 3 nitrogen and oxygen atoms in total. The Balaban J connectivity index is 1.73. The minimum Gasteiger partial charge on any atom is -0.411 e. The Morgan fingerprint density at radius 2 is 1.90 bits per heavy atom. The topological polar surface area (TPSA) is 44.6 Å². The average Bonchev–Trinajstić information content (AvgIpc) is 2.97. The van der Waals surface area contributed by atoms with E-state index in [1.807, 2.05) is 6.07 Å². The van der Waals surface area contributed by atoms with Crippen molar-refractivity contribution >= 4 is 5.71 Å². The van der Waals surface area contributed by atoms with Gasteiger partial charge in [-0.15, -0.1) is 0 Å². The second-order valence-electron chi connectivity index (χ2n) is 7.16. The molecule has 3 atom stereocenters. The zero-order chi connectivity index (χ0) is 14.4. The fraction of sp³-hybridized carbons (Fsp3) is 0.588. The third-order valence-corrected chi connectivity index (χ3v) is 5.61.